The maximum absolute atomic E-state index is 11.2. The summed E-state index contributed by atoms with van der Waals surface area (Å²) < 4.78 is 0. The van der Waals surface area contributed by atoms with Crippen molar-refractivity contribution in [3.8, 4) is 0 Å². The highest BCUT2D eigenvalue weighted by Crippen LogP contribution is 2.73. The van der Waals surface area contributed by atoms with Crippen molar-refractivity contribution in [2.45, 2.75) is 96.1 Å². The van der Waals surface area contributed by atoms with Gasteiger partial charge in [-0.2, -0.15) is 0 Å². The minimum absolute atomic E-state index is 0.0949. The van der Waals surface area contributed by atoms with Crippen LogP contribution in [0.25, 0.3) is 0 Å². The van der Waals surface area contributed by atoms with Crippen molar-refractivity contribution in [3.63, 3.8) is 0 Å². The van der Waals surface area contributed by atoms with Gasteiger partial charge in [-0.3, -0.25) is 0 Å². The van der Waals surface area contributed by atoms with Crippen LogP contribution in [0.4, 0.5) is 0 Å². The second-order valence-electron chi connectivity index (χ2n) is 10.9. The predicted octanol–water partition coefficient (Wildman–Crippen LogP) is 2.23. The third kappa shape index (κ3) is 1.94. The standard InChI is InChI=1S/C20H34O4/c1-16(2)7-12(21)8-17(3)14-5-6-20(24)11-19(14,10-18(20,4)23)9-13(22)15(16)17/h12-15,21-24H,5-11H2,1-4H3/t12-,13-,14+,15-,17+,18-,19-,20-/m1/s1. The molecule has 4 nitrogen and oxygen atoms in total. The lowest BCUT2D eigenvalue weighted by Gasteiger charge is -2.66. The minimum Gasteiger partial charge on any atom is -0.393 e. The van der Waals surface area contributed by atoms with Crippen molar-refractivity contribution in [3.05, 3.63) is 0 Å². The van der Waals surface area contributed by atoms with E-state index in [9.17, 15) is 20.4 Å². The first kappa shape index (κ1) is 17.3. The second kappa shape index (κ2) is 4.57. The molecule has 4 saturated carbocycles. The first-order chi connectivity index (χ1) is 10.9. The van der Waals surface area contributed by atoms with Gasteiger partial charge < -0.3 is 20.4 Å². The van der Waals surface area contributed by atoms with E-state index < -0.39 is 17.3 Å². The first-order valence-corrected chi connectivity index (χ1v) is 9.66. The highest BCUT2D eigenvalue weighted by atomic mass is 16.4. The van der Waals surface area contributed by atoms with E-state index in [4.69, 9.17) is 0 Å². The van der Waals surface area contributed by atoms with E-state index in [1.807, 2.05) is 0 Å². The lowest BCUT2D eigenvalue weighted by Crippen LogP contribution is -2.63. The Balaban J connectivity index is 1.81. The van der Waals surface area contributed by atoms with Gasteiger partial charge in [-0.1, -0.05) is 20.8 Å². The van der Waals surface area contributed by atoms with Crippen molar-refractivity contribution in [2.75, 3.05) is 0 Å². The van der Waals surface area contributed by atoms with Crippen molar-refractivity contribution in [2.24, 2.45) is 28.1 Å². The molecule has 4 aliphatic carbocycles. The topological polar surface area (TPSA) is 80.9 Å². The van der Waals surface area contributed by atoms with Gasteiger partial charge in [0.05, 0.1) is 23.4 Å². The quantitative estimate of drug-likeness (QED) is 0.546. The fourth-order valence-corrected chi connectivity index (χ4v) is 8.48. The summed E-state index contributed by atoms with van der Waals surface area (Å²) in [7, 11) is 0. The van der Waals surface area contributed by atoms with Gasteiger partial charge in [-0.25, -0.2) is 0 Å². The van der Waals surface area contributed by atoms with Crippen LogP contribution in [0.1, 0.15) is 72.6 Å². The van der Waals surface area contributed by atoms with Gasteiger partial charge >= 0.3 is 0 Å². The Morgan fingerprint density at radius 3 is 2.21 bits per heavy atom. The molecular formula is C20H34O4. The van der Waals surface area contributed by atoms with Gasteiger partial charge in [0.15, 0.2) is 0 Å². The van der Waals surface area contributed by atoms with E-state index in [1.54, 1.807) is 6.92 Å². The molecule has 0 aromatic carbocycles. The molecule has 4 heteroatoms. The number of hydrogen-bond acceptors (Lipinski definition) is 4. The summed E-state index contributed by atoms with van der Waals surface area (Å²) in [6.45, 7) is 8.39. The maximum Gasteiger partial charge on any atom is 0.0936 e. The van der Waals surface area contributed by atoms with E-state index in [-0.39, 0.29) is 28.3 Å². The Kier molecular flexibility index (Phi) is 3.29. The summed E-state index contributed by atoms with van der Waals surface area (Å²) >= 11 is 0. The number of aliphatic hydroxyl groups excluding tert-OH is 2. The largest absolute Gasteiger partial charge is 0.393 e. The van der Waals surface area contributed by atoms with Gasteiger partial charge in [-0.15, -0.1) is 0 Å². The predicted molar refractivity (Wildman–Crippen MR) is 91.2 cm³/mol. The summed E-state index contributed by atoms with van der Waals surface area (Å²) in [4.78, 5) is 0. The minimum atomic E-state index is -1.08. The molecular weight excluding hydrogens is 304 g/mol. The van der Waals surface area contributed by atoms with E-state index in [2.05, 4.69) is 20.8 Å². The highest BCUT2D eigenvalue weighted by Gasteiger charge is 2.72. The molecule has 0 unspecified atom stereocenters. The molecule has 4 N–H and O–H groups in total. The van der Waals surface area contributed by atoms with Gasteiger partial charge in [0.1, 0.15) is 0 Å². The highest BCUT2D eigenvalue weighted by molar-refractivity contribution is 5.22. The van der Waals surface area contributed by atoms with Crippen molar-refractivity contribution in [1.29, 1.82) is 0 Å². The number of aliphatic hydroxyl groups is 4. The number of fused-ring (bicyclic) bond motifs is 3. The zero-order valence-corrected chi connectivity index (χ0v) is 15.5. The van der Waals surface area contributed by atoms with Crippen LogP contribution in [-0.2, 0) is 0 Å². The van der Waals surface area contributed by atoms with Crippen LogP contribution >= 0.6 is 0 Å². The third-order valence-electron chi connectivity index (χ3n) is 8.72. The summed E-state index contributed by atoms with van der Waals surface area (Å²) in [6, 6.07) is 0. The normalized spacial score (nSPS) is 62.0. The van der Waals surface area contributed by atoms with Crippen molar-refractivity contribution < 1.29 is 20.4 Å². The summed E-state index contributed by atoms with van der Waals surface area (Å²) in [5.74, 6) is 0.516. The Labute approximate surface area is 145 Å². The Hall–Kier alpha value is -0.160. The van der Waals surface area contributed by atoms with Crippen LogP contribution in [0.3, 0.4) is 0 Å². The lowest BCUT2D eigenvalue weighted by molar-refractivity contribution is -0.223. The molecule has 4 aliphatic rings. The lowest BCUT2D eigenvalue weighted by atomic mass is 9.40. The van der Waals surface area contributed by atoms with Gasteiger partial charge in [0.25, 0.3) is 0 Å². The molecule has 0 aromatic heterocycles. The molecule has 0 aromatic rings. The average Bonchev–Trinajstić information content (AvgIpc) is 2.46. The van der Waals surface area contributed by atoms with Crippen LogP contribution in [0.5, 0.6) is 0 Å². The van der Waals surface area contributed by atoms with Gasteiger partial charge in [0, 0.05) is 0 Å². The van der Waals surface area contributed by atoms with Gasteiger partial charge in [0.2, 0.25) is 0 Å². The molecule has 0 aliphatic heterocycles. The van der Waals surface area contributed by atoms with E-state index >= 15 is 0 Å². The Morgan fingerprint density at radius 2 is 1.54 bits per heavy atom. The Morgan fingerprint density at radius 1 is 0.875 bits per heavy atom. The molecule has 4 fully saturated rings. The fourth-order valence-electron chi connectivity index (χ4n) is 8.48. The zero-order valence-electron chi connectivity index (χ0n) is 15.5. The fraction of sp³-hybridized carbons (Fsp3) is 1.00. The molecule has 0 saturated heterocycles. The van der Waals surface area contributed by atoms with Crippen LogP contribution in [0.2, 0.25) is 0 Å². The SMILES string of the molecule is CC1(C)C[C@@H](O)C[C@]2(C)[C@@H]1[C@H](O)C[C@@]13C[C@](O)(CC[C@H]12)[C@](C)(O)C3. The number of hydrogen-bond donors (Lipinski definition) is 4. The monoisotopic (exact) mass is 338 g/mol. The molecule has 4 rings (SSSR count). The van der Waals surface area contributed by atoms with Crippen LogP contribution in [-0.4, -0.2) is 43.8 Å². The molecule has 0 heterocycles. The molecule has 8 atom stereocenters. The molecule has 1 spiro atoms. The molecule has 2 bridgehead atoms. The van der Waals surface area contributed by atoms with E-state index in [1.165, 1.54) is 0 Å². The molecule has 24 heavy (non-hydrogen) atoms. The number of rotatable bonds is 0. The maximum atomic E-state index is 11.2. The summed E-state index contributed by atoms with van der Waals surface area (Å²) in [5, 5.41) is 43.6. The molecule has 0 radical (unpaired) electrons. The summed E-state index contributed by atoms with van der Waals surface area (Å²) in [6.07, 6.45) is 4.06. The van der Waals surface area contributed by atoms with E-state index in [0.29, 0.717) is 31.6 Å². The van der Waals surface area contributed by atoms with Crippen LogP contribution in [0.15, 0.2) is 0 Å². The Bertz CT molecular complexity index is 554. The van der Waals surface area contributed by atoms with Crippen LogP contribution < -0.4 is 0 Å². The zero-order chi connectivity index (χ0) is 17.8. The van der Waals surface area contributed by atoms with Gasteiger partial charge in [-0.05, 0) is 80.0 Å². The average molecular weight is 338 g/mol. The second-order valence-corrected chi connectivity index (χ2v) is 10.9. The molecule has 0 amide bonds. The van der Waals surface area contributed by atoms with Crippen molar-refractivity contribution in [1.82, 2.24) is 0 Å². The third-order valence-corrected chi connectivity index (χ3v) is 8.72. The summed E-state index contributed by atoms with van der Waals surface area (Å²) in [5.41, 5.74) is -2.53. The first-order valence-electron chi connectivity index (χ1n) is 9.66. The van der Waals surface area contributed by atoms with Crippen molar-refractivity contribution >= 4 is 0 Å². The van der Waals surface area contributed by atoms with E-state index in [0.717, 1.165) is 19.3 Å². The molecule has 138 valence electrons. The van der Waals surface area contributed by atoms with Crippen LogP contribution in [0, 0.1) is 28.1 Å². The smallest absolute Gasteiger partial charge is 0.0936 e.